The molecule has 2 rings (SSSR count). The maximum Gasteiger partial charge on any atom is 0.322 e. The molecule has 0 aliphatic carbocycles. The first-order valence-electron chi connectivity index (χ1n) is 5.38. The van der Waals surface area contributed by atoms with Crippen molar-refractivity contribution in [3.05, 3.63) is 35.9 Å². The molecule has 1 aromatic carbocycles. The molecule has 84 valence electrons. The van der Waals surface area contributed by atoms with Crippen molar-refractivity contribution in [2.75, 3.05) is 0 Å². The van der Waals surface area contributed by atoms with Crippen LogP contribution in [0.25, 0.3) is 0 Å². The van der Waals surface area contributed by atoms with E-state index in [1.54, 1.807) is 0 Å². The van der Waals surface area contributed by atoms with Crippen LogP contribution < -0.4 is 10.6 Å². The molecule has 1 atom stereocenters. The molecule has 1 unspecified atom stereocenters. The molecule has 1 saturated heterocycles. The fraction of sp³-hybridized carbons (Fsp3) is 0.333. The number of carbonyl (C=O) groups is 2. The molecule has 4 heteroatoms. The average Bonchev–Trinajstić information content (AvgIpc) is 2.57. The molecule has 1 aromatic rings. The summed E-state index contributed by atoms with van der Waals surface area (Å²) in [6, 6.07) is 8.93. The Morgan fingerprint density at radius 2 is 1.88 bits per heavy atom. The van der Waals surface area contributed by atoms with E-state index < -0.39 is 11.6 Å². The molecule has 3 amide bonds. The number of urea groups is 1. The van der Waals surface area contributed by atoms with Crippen LogP contribution in [0.3, 0.4) is 0 Å². The van der Waals surface area contributed by atoms with Gasteiger partial charge in [-0.15, -0.1) is 0 Å². The summed E-state index contributed by atoms with van der Waals surface area (Å²) in [7, 11) is 0. The van der Waals surface area contributed by atoms with E-state index in [2.05, 4.69) is 10.6 Å². The largest absolute Gasteiger partial charge is 0.322 e. The number of imide groups is 1. The second-order valence-electron chi connectivity index (χ2n) is 3.93. The van der Waals surface area contributed by atoms with Gasteiger partial charge in [0.25, 0.3) is 5.91 Å². The van der Waals surface area contributed by atoms with Crippen LogP contribution in [-0.2, 0) is 10.3 Å². The lowest BCUT2D eigenvalue weighted by atomic mass is 9.67. The SMILES string of the molecule is CCCC1(c2ccccc2)NC(=O)N[11C]1=O. The van der Waals surface area contributed by atoms with E-state index >= 15 is 0 Å². The van der Waals surface area contributed by atoms with E-state index in [9.17, 15) is 9.59 Å². The summed E-state index contributed by atoms with van der Waals surface area (Å²) >= 11 is 0. The summed E-state index contributed by atoms with van der Waals surface area (Å²) in [5.74, 6) is -0.259. The Labute approximate surface area is 94.0 Å². The van der Waals surface area contributed by atoms with Crippen LogP contribution in [0.5, 0.6) is 0 Å². The summed E-state index contributed by atoms with van der Waals surface area (Å²) in [6.45, 7) is 1.99. The quantitative estimate of drug-likeness (QED) is 0.754. The Hall–Kier alpha value is -1.84. The molecule has 1 aliphatic heterocycles. The predicted molar refractivity (Wildman–Crippen MR) is 59.7 cm³/mol. The van der Waals surface area contributed by atoms with Crippen LogP contribution in [0.4, 0.5) is 4.79 Å². The van der Waals surface area contributed by atoms with Crippen molar-refractivity contribution in [2.24, 2.45) is 0 Å². The molecule has 0 saturated carbocycles. The molecular weight excluding hydrogens is 203 g/mol. The lowest BCUT2D eigenvalue weighted by Crippen LogP contribution is -2.43. The van der Waals surface area contributed by atoms with Crippen molar-refractivity contribution in [1.82, 2.24) is 10.6 Å². The second-order valence-corrected chi connectivity index (χ2v) is 3.93. The van der Waals surface area contributed by atoms with Gasteiger partial charge >= 0.3 is 6.03 Å². The molecule has 16 heavy (non-hydrogen) atoms. The molecule has 0 bridgehead atoms. The van der Waals surface area contributed by atoms with Crippen molar-refractivity contribution in [3.63, 3.8) is 0 Å². The van der Waals surface area contributed by atoms with Crippen LogP contribution in [0.15, 0.2) is 30.3 Å². The number of hydrogen-bond acceptors (Lipinski definition) is 2. The number of amides is 3. The fourth-order valence-corrected chi connectivity index (χ4v) is 2.11. The van der Waals surface area contributed by atoms with E-state index in [-0.39, 0.29) is 5.91 Å². The van der Waals surface area contributed by atoms with E-state index in [4.69, 9.17) is 0 Å². The van der Waals surface area contributed by atoms with Gasteiger partial charge in [0, 0.05) is 0 Å². The van der Waals surface area contributed by atoms with Crippen LogP contribution in [0.2, 0.25) is 0 Å². The van der Waals surface area contributed by atoms with Gasteiger partial charge in [0.05, 0.1) is 0 Å². The zero-order valence-corrected chi connectivity index (χ0v) is 9.12. The Kier molecular flexibility index (Phi) is 2.64. The van der Waals surface area contributed by atoms with Crippen molar-refractivity contribution in [2.45, 2.75) is 25.3 Å². The summed E-state index contributed by atoms with van der Waals surface area (Å²) in [5.41, 5.74) is -0.0483. The molecule has 0 radical (unpaired) electrons. The number of nitrogens with one attached hydrogen (secondary N) is 2. The molecule has 0 spiro atoms. The lowest BCUT2D eigenvalue weighted by Gasteiger charge is -2.25. The summed E-state index contributed by atoms with van der Waals surface area (Å²) in [4.78, 5) is 23.2. The Morgan fingerprint density at radius 3 is 2.38 bits per heavy atom. The van der Waals surface area contributed by atoms with E-state index in [1.807, 2.05) is 37.3 Å². The highest BCUT2D eigenvalue weighted by molar-refractivity contribution is 6.07. The van der Waals surface area contributed by atoms with E-state index in [1.165, 1.54) is 0 Å². The summed E-state index contributed by atoms with van der Waals surface area (Å²) in [6.07, 6.45) is 1.43. The molecule has 1 fully saturated rings. The minimum absolute atomic E-state index is 0.259. The normalized spacial score (nSPS) is 24.1. The molecule has 0 aromatic heterocycles. The van der Waals surface area contributed by atoms with Crippen LogP contribution in [0.1, 0.15) is 25.3 Å². The maximum atomic E-state index is 11.9. The monoisotopic (exact) mass is 217 g/mol. The van der Waals surface area contributed by atoms with Gasteiger partial charge in [-0.3, -0.25) is 10.1 Å². The molecule has 4 nitrogen and oxygen atoms in total. The first-order chi connectivity index (χ1) is 7.69. The Bertz CT molecular complexity index is 416. The lowest BCUT2D eigenvalue weighted by molar-refractivity contribution is -0.124. The van der Waals surface area contributed by atoms with Gasteiger partial charge in [0.15, 0.2) is 0 Å². The van der Waals surface area contributed by atoms with Crippen molar-refractivity contribution >= 4 is 11.9 Å². The first kappa shape index (κ1) is 10.7. The third-order valence-electron chi connectivity index (χ3n) is 2.83. The van der Waals surface area contributed by atoms with E-state index in [0.29, 0.717) is 6.42 Å². The summed E-state index contributed by atoms with van der Waals surface area (Å²) < 4.78 is 0. The molecule has 1 aliphatic rings. The second kappa shape index (κ2) is 3.96. The number of carbonyl (C=O) groups excluding carboxylic acids is 2. The first-order valence-corrected chi connectivity index (χ1v) is 5.38. The van der Waals surface area contributed by atoms with Crippen molar-refractivity contribution in [3.8, 4) is 0 Å². The minimum Gasteiger partial charge on any atom is -0.319 e. The highest BCUT2D eigenvalue weighted by Crippen LogP contribution is 2.29. The van der Waals surface area contributed by atoms with Gasteiger partial charge in [-0.2, -0.15) is 0 Å². The number of benzene rings is 1. The highest BCUT2D eigenvalue weighted by Gasteiger charge is 2.46. The van der Waals surface area contributed by atoms with E-state index in [0.717, 1.165) is 12.0 Å². The van der Waals surface area contributed by atoms with Crippen LogP contribution in [-0.4, -0.2) is 11.9 Å². The van der Waals surface area contributed by atoms with Gasteiger partial charge in [-0.05, 0) is 12.0 Å². The third kappa shape index (κ3) is 1.56. The topological polar surface area (TPSA) is 58.2 Å². The smallest absolute Gasteiger partial charge is 0.319 e. The van der Waals surface area contributed by atoms with Crippen molar-refractivity contribution < 1.29 is 9.59 Å². The zero-order chi connectivity index (χ0) is 11.6. The predicted octanol–water partition coefficient (Wildman–Crippen LogP) is 1.52. The van der Waals surface area contributed by atoms with Crippen LogP contribution in [0, 0.1) is 0 Å². The van der Waals surface area contributed by atoms with Crippen LogP contribution >= 0.6 is 0 Å². The van der Waals surface area contributed by atoms with Gasteiger partial charge in [0.2, 0.25) is 0 Å². The Balaban J connectivity index is 2.44. The minimum atomic E-state index is -0.882. The fourth-order valence-electron chi connectivity index (χ4n) is 2.11. The third-order valence-corrected chi connectivity index (χ3v) is 2.83. The number of rotatable bonds is 3. The maximum absolute atomic E-state index is 11.9. The standard InChI is InChI=1S/C12H14N2O2/c1-2-8-12(9-6-4-3-5-7-9)10(15)13-11(16)14-12/h3-7H,2,8H2,1H3,(H2,13,14,15,16)/i10-1. The van der Waals surface area contributed by atoms with Gasteiger partial charge < -0.3 is 5.32 Å². The zero-order valence-electron chi connectivity index (χ0n) is 9.12. The Morgan fingerprint density at radius 1 is 1.19 bits per heavy atom. The van der Waals surface area contributed by atoms with Crippen molar-refractivity contribution in [1.29, 1.82) is 0 Å². The van der Waals surface area contributed by atoms with Gasteiger partial charge in [-0.25, -0.2) is 4.79 Å². The highest BCUT2D eigenvalue weighted by atomic mass is 16.2. The molecule has 1 heterocycles. The molecule has 2 N–H and O–H groups in total. The molecular formula is C12H14N2O2. The van der Waals surface area contributed by atoms with Gasteiger partial charge in [-0.1, -0.05) is 43.7 Å². The average molecular weight is 217 g/mol. The number of hydrogen-bond donors (Lipinski definition) is 2. The summed E-state index contributed by atoms with van der Waals surface area (Å²) in [5, 5.41) is 5.04. The van der Waals surface area contributed by atoms with Gasteiger partial charge in [0.1, 0.15) is 5.54 Å².